The maximum atomic E-state index is 2.81. The van der Waals surface area contributed by atoms with Crippen LogP contribution in [0.2, 0.25) is 0 Å². The van der Waals surface area contributed by atoms with Crippen molar-refractivity contribution in [3.8, 4) is 0 Å². The average Bonchev–Trinajstić information content (AvgIpc) is 3.97. The highest BCUT2D eigenvalue weighted by atomic mass is 15.3. The van der Waals surface area contributed by atoms with Crippen molar-refractivity contribution >= 4 is 0 Å². The topological polar surface area (TPSA) is 16.2 Å². The first-order valence-corrected chi connectivity index (χ1v) is 33.8. The molecule has 0 N–H and O–H groups in total. The Balaban J connectivity index is 0.000000254. The van der Waals surface area contributed by atoms with Gasteiger partial charge in [-0.05, 0) is 288 Å². The van der Waals surface area contributed by atoms with Gasteiger partial charge in [0.1, 0.15) is 0 Å². The minimum absolute atomic E-state index is 0.354. The lowest BCUT2D eigenvalue weighted by atomic mass is 9.68. The van der Waals surface area contributed by atoms with E-state index in [1.165, 1.54) is 129 Å². The molecule has 0 radical (unpaired) electrons. The van der Waals surface area contributed by atoms with E-state index >= 15 is 0 Å². The van der Waals surface area contributed by atoms with E-state index in [1.54, 1.807) is 0 Å². The van der Waals surface area contributed by atoms with Crippen LogP contribution in [0.1, 0.15) is 305 Å². The van der Waals surface area contributed by atoms with Gasteiger partial charge >= 0.3 is 0 Å². The molecule has 8 rings (SSSR count). The Morgan fingerprint density at radius 1 is 0.282 bits per heavy atom. The Bertz CT molecular complexity index is 1560. The Kier molecular flexibility index (Phi) is 25.0. The van der Waals surface area contributed by atoms with Gasteiger partial charge in [0.25, 0.3) is 0 Å². The first-order chi connectivity index (χ1) is 35.0. The van der Waals surface area contributed by atoms with Gasteiger partial charge in [-0.15, -0.1) is 0 Å². The molecule has 8 aliphatic rings. The van der Waals surface area contributed by atoms with Crippen LogP contribution in [0.5, 0.6) is 0 Å². The zero-order valence-corrected chi connectivity index (χ0v) is 59.7. The predicted octanol–water partition coefficient (Wildman–Crippen LogP) is 19.9. The van der Waals surface area contributed by atoms with E-state index < -0.39 is 0 Å². The lowest BCUT2D eigenvalue weighted by molar-refractivity contribution is -0.00409. The summed E-state index contributed by atoms with van der Waals surface area (Å²) in [4.78, 5) is 13.5. The molecule has 0 aromatic carbocycles. The molecule has 6 aliphatic heterocycles. The highest BCUT2D eigenvalue weighted by Gasteiger charge is 2.52. The van der Waals surface area contributed by atoms with Gasteiger partial charge in [0.15, 0.2) is 0 Å². The second kappa shape index (κ2) is 27.0. The SMILES string of the molecule is CC.CC(C)(C)C1C2CCC1CN(C(C)(C)C)C2.CC(C)(C)C1CC2CC1CN2C(C)(C)C.CC(C)(C)C1CC2CCC(C1)N2C(C)(C)C.CC(C)(C)C1CCCN(C(C)(C)C)CC1.CC(C)(C)C1CCN(C(C)(C)C)CC1. The maximum Gasteiger partial charge on any atom is 0.0130 e. The van der Waals surface area contributed by atoms with E-state index in [2.05, 4.69) is 232 Å². The molecule has 6 bridgehead atoms. The van der Waals surface area contributed by atoms with Gasteiger partial charge in [-0.1, -0.05) is 118 Å². The molecule has 2 saturated carbocycles. The molecule has 8 atom stereocenters. The van der Waals surface area contributed by atoms with Crippen molar-refractivity contribution in [2.24, 2.45) is 74.4 Å². The van der Waals surface area contributed by atoms with Crippen LogP contribution in [-0.2, 0) is 0 Å². The van der Waals surface area contributed by atoms with Crippen LogP contribution in [0.4, 0.5) is 0 Å². The third-order valence-corrected chi connectivity index (χ3v) is 21.6. The van der Waals surface area contributed by atoms with Crippen LogP contribution in [0.15, 0.2) is 0 Å². The summed E-state index contributed by atoms with van der Waals surface area (Å²) in [6.45, 7) is 84.6. The summed E-state index contributed by atoms with van der Waals surface area (Å²) in [5.74, 6) is 7.56. The van der Waals surface area contributed by atoms with Gasteiger partial charge in [0, 0.05) is 65.5 Å². The summed E-state index contributed by atoms with van der Waals surface area (Å²) in [5, 5.41) is 0. The first kappa shape index (κ1) is 72.1. The summed E-state index contributed by atoms with van der Waals surface area (Å²) in [7, 11) is 0. The minimum Gasteiger partial charge on any atom is -0.298 e. The summed E-state index contributed by atoms with van der Waals surface area (Å²) in [6.07, 6.45) is 18.5. The molecule has 8 fully saturated rings. The summed E-state index contributed by atoms with van der Waals surface area (Å²) in [5.41, 5.74) is 4.36. The van der Waals surface area contributed by atoms with Crippen molar-refractivity contribution in [3.63, 3.8) is 0 Å². The normalized spacial score (nSPS) is 31.5. The molecule has 6 saturated heterocycles. The standard InChI is InChI=1S/2C15H29N.C14H27N.C14H29N.C13H27N.C2H6/c1-14(2,3)11-9-12-7-8-13(10-11)16(12)15(4,5)6;1-14(2,3)13-11-7-8-12(13)10-16(9-11)15(4,5)6;1-13(2,3)12-8-11-7-10(12)9-15(11)14(4,5)6;1-13(2,3)12-8-7-10-15(11-9-12)14(4,5)6;1-12(2,3)11-7-9-14(10-8-11)13(4,5)6;1-2/h2*11-13H,7-10H2,1-6H3;10-12H,7-9H2,1-6H3;12H,7-11H2,1-6H3;11H,7-10H2,1-6H3;1-2H3. The van der Waals surface area contributed by atoms with Crippen molar-refractivity contribution in [1.29, 1.82) is 0 Å². The van der Waals surface area contributed by atoms with E-state index in [9.17, 15) is 0 Å². The van der Waals surface area contributed by atoms with E-state index in [-0.39, 0.29) is 0 Å². The number of rotatable bonds is 0. The molecule has 2 aliphatic carbocycles. The molecule has 0 aromatic rings. The third kappa shape index (κ3) is 20.8. The third-order valence-electron chi connectivity index (χ3n) is 21.6. The fourth-order valence-corrected chi connectivity index (χ4v) is 17.0. The van der Waals surface area contributed by atoms with Crippen molar-refractivity contribution in [3.05, 3.63) is 0 Å². The fraction of sp³-hybridized carbons (Fsp3) is 1.00. The molecule has 78 heavy (non-hydrogen) atoms. The molecule has 5 nitrogen and oxygen atoms in total. The Hall–Kier alpha value is -0.200. The molecule has 0 amide bonds. The fourth-order valence-electron chi connectivity index (χ4n) is 17.0. The Morgan fingerprint density at radius 2 is 0.667 bits per heavy atom. The Labute approximate surface area is 493 Å². The van der Waals surface area contributed by atoms with Gasteiger partial charge in [-0.3, -0.25) is 24.5 Å². The highest BCUT2D eigenvalue weighted by molar-refractivity contribution is 5.05. The highest BCUT2D eigenvalue weighted by Crippen LogP contribution is 2.53. The van der Waals surface area contributed by atoms with Crippen molar-refractivity contribution in [1.82, 2.24) is 24.5 Å². The largest absolute Gasteiger partial charge is 0.298 e. The minimum atomic E-state index is 0.354. The van der Waals surface area contributed by atoms with Gasteiger partial charge < -0.3 is 0 Å². The summed E-state index contributed by atoms with van der Waals surface area (Å²) < 4.78 is 0. The van der Waals surface area contributed by atoms with Gasteiger partial charge in [-0.25, -0.2) is 0 Å². The summed E-state index contributed by atoms with van der Waals surface area (Å²) >= 11 is 0. The number of hydrogen-bond acceptors (Lipinski definition) is 5. The lowest BCUT2D eigenvalue weighted by Crippen LogP contribution is -2.54. The predicted molar refractivity (Wildman–Crippen MR) is 350 cm³/mol. The lowest BCUT2D eigenvalue weighted by Gasteiger charge is -2.49. The zero-order valence-electron chi connectivity index (χ0n) is 59.7. The van der Waals surface area contributed by atoms with Crippen LogP contribution in [0.25, 0.3) is 0 Å². The molecular formula is C73H147N5. The average molecular weight is 1100 g/mol. The second-order valence-electron chi connectivity index (χ2n) is 37.7. The van der Waals surface area contributed by atoms with E-state index in [1.807, 2.05) is 13.8 Å². The van der Waals surface area contributed by atoms with Crippen LogP contribution in [0.3, 0.4) is 0 Å². The van der Waals surface area contributed by atoms with Crippen molar-refractivity contribution in [2.45, 2.75) is 351 Å². The van der Waals surface area contributed by atoms with E-state index in [0.29, 0.717) is 54.8 Å². The maximum absolute atomic E-state index is 2.81. The van der Waals surface area contributed by atoms with Gasteiger partial charge in [-0.2, -0.15) is 0 Å². The smallest absolute Gasteiger partial charge is 0.0130 e. The number of likely N-dealkylation sites (tertiary alicyclic amines) is 4. The molecule has 6 heterocycles. The van der Waals surface area contributed by atoms with Crippen LogP contribution >= 0.6 is 0 Å². The summed E-state index contributed by atoms with van der Waals surface area (Å²) in [6, 6.07) is 2.60. The number of nitrogens with zero attached hydrogens (tertiary/aromatic N) is 5. The van der Waals surface area contributed by atoms with Gasteiger partial charge in [0.2, 0.25) is 0 Å². The molecule has 0 aromatic heterocycles. The van der Waals surface area contributed by atoms with Crippen LogP contribution in [0, 0.1) is 74.4 Å². The first-order valence-electron chi connectivity index (χ1n) is 33.8. The number of fused-ring (bicyclic) bond motifs is 6. The monoisotopic (exact) mass is 1090 g/mol. The second-order valence-corrected chi connectivity index (χ2v) is 37.7. The van der Waals surface area contributed by atoms with Crippen molar-refractivity contribution < 1.29 is 0 Å². The number of piperidine rings is 4. The molecule has 8 unspecified atom stereocenters. The molecule has 0 spiro atoms. The van der Waals surface area contributed by atoms with Crippen molar-refractivity contribution in [2.75, 3.05) is 45.8 Å². The number of hydrogen-bond donors (Lipinski definition) is 0. The molecule has 464 valence electrons. The van der Waals surface area contributed by atoms with E-state index in [0.717, 1.165) is 65.5 Å². The van der Waals surface area contributed by atoms with Crippen LogP contribution in [-0.4, -0.2) is 116 Å². The zero-order chi connectivity index (χ0) is 60.4. The molecule has 5 heteroatoms. The van der Waals surface area contributed by atoms with Crippen LogP contribution < -0.4 is 0 Å². The molecular weight excluding hydrogens is 947 g/mol. The van der Waals surface area contributed by atoms with Gasteiger partial charge in [0.05, 0.1) is 0 Å². The Morgan fingerprint density at radius 3 is 0.974 bits per heavy atom. The van der Waals surface area contributed by atoms with E-state index in [4.69, 9.17) is 0 Å². The quantitative estimate of drug-likeness (QED) is 0.240.